The van der Waals surface area contributed by atoms with Crippen molar-refractivity contribution in [3.8, 4) is 11.5 Å². The maximum atomic E-state index is 13.1. The van der Waals surface area contributed by atoms with Crippen LogP contribution in [0, 0.1) is 0 Å². The van der Waals surface area contributed by atoms with Gasteiger partial charge in [0.15, 0.2) is 11.5 Å². The first-order chi connectivity index (χ1) is 13.1. The van der Waals surface area contributed by atoms with Crippen LogP contribution in [0.1, 0.15) is 36.8 Å². The van der Waals surface area contributed by atoms with Crippen LogP contribution in [0.5, 0.6) is 11.5 Å². The summed E-state index contributed by atoms with van der Waals surface area (Å²) in [5.74, 6) is 1.38. The summed E-state index contributed by atoms with van der Waals surface area (Å²) in [4.78, 5) is 0. The van der Waals surface area contributed by atoms with Crippen molar-refractivity contribution in [2.24, 2.45) is 0 Å². The maximum absolute atomic E-state index is 13.1. The molecule has 0 spiro atoms. The van der Waals surface area contributed by atoms with Crippen LogP contribution in [0.2, 0.25) is 0 Å². The Labute approximate surface area is 160 Å². The molecule has 0 aromatic heterocycles. The van der Waals surface area contributed by atoms with Crippen LogP contribution in [0.25, 0.3) is 6.08 Å². The average Bonchev–Trinajstić information content (AvgIpc) is 3.36. The highest BCUT2D eigenvalue weighted by atomic mass is 32.2. The maximum Gasteiger partial charge on any atom is 0.236 e. The summed E-state index contributed by atoms with van der Waals surface area (Å²) in [6.45, 7) is 0.548. The number of fused-ring (bicyclic) bond motifs is 1. The predicted octanol–water partition coefficient (Wildman–Crippen LogP) is 4.16. The predicted molar refractivity (Wildman–Crippen MR) is 105 cm³/mol. The van der Waals surface area contributed by atoms with Crippen LogP contribution in [0.4, 0.5) is 0 Å². The minimum atomic E-state index is -3.54. The zero-order valence-corrected chi connectivity index (χ0v) is 15.9. The lowest BCUT2D eigenvalue weighted by Crippen LogP contribution is -2.37. The summed E-state index contributed by atoms with van der Waals surface area (Å²) in [6.07, 6.45) is 5.61. The van der Waals surface area contributed by atoms with E-state index in [0.29, 0.717) is 18.0 Å². The van der Waals surface area contributed by atoms with Gasteiger partial charge in [0.25, 0.3) is 0 Å². The third-order valence-electron chi connectivity index (χ3n) is 5.07. The molecule has 27 heavy (non-hydrogen) atoms. The van der Waals surface area contributed by atoms with Crippen LogP contribution in [0.15, 0.2) is 53.9 Å². The molecular formula is C21H23NO4S. The molecule has 0 amide bonds. The molecule has 1 aliphatic carbocycles. The van der Waals surface area contributed by atoms with Gasteiger partial charge in [0.2, 0.25) is 16.8 Å². The average molecular weight is 385 g/mol. The van der Waals surface area contributed by atoms with Gasteiger partial charge < -0.3 is 9.47 Å². The molecule has 1 aliphatic heterocycles. The van der Waals surface area contributed by atoms with Gasteiger partial charge in [0, 0.05) is 18.0 Å². The van der Waals surface area contributed by atoms with Gasteiger partial charge in [-0.15, -0.1) is 0 Å². The number of hydrogen-bond donors (Lipinski definition) is 0. The van der Waals surface area contributed by atoms with Gasteiger partial charge in [-0.05, 0) is 42.2 Å². The second kappa shape index (κ2) is 7.74. The Hall–Kier alpha value is -2.31. The van der Waals surface area contributed by atoms with Gasteiger partial charge in [-0.1, -0.05) is 49.2 Å². The van der Waals surface area contributed by atoms with E-state index in [-0.39, 0.29) is 12.8 Å². The first-order valence-electron chi connectivity index (χ1n) is 9.25. The van der Waals surface area contributed by atoms with Gasteiger partial charge in [-0.3, -0.25) is 0 Å². The van der Waals surface area contributed by atoms with Crippen LogP contribution < -0.4 is 9.47 Å². The molecule has 0 N–H and O–H groups in total. The van der Waals surface area contributed by atoms with Crippen molar-refractivity contribution in [1.29, 1.82) is 0 Å². The lowest BCUT2D eigenvalue weighted by atomic mass is 10.1. The molecule has 4 rings (SSSR count). The van der Waals surface area contributed by atoms with E-state index in [4.69, 9.17) is 9.47 Å². The van der Waals surface area contributed by atoms with E-state index in [1.807, 2.05) is 48.5 Å². The monoisotopic (exact) mass is 385 g/mol. The number of hydrogen-bond acceptors (Lipinski definition) is 4. The van der Waals surface area contributed by atoms with Crippen LogP contribution >= 0.6 is 0 Å². The van der Waals surface area contributed by atoms with Gasteiger partial charge in [-0.25, -0.2) is 8.42 Å². The molecule has 5 nitrogen and oxygen atoms in total. The van der Waals surface area contributed by atoms with Crippen LogP contribution in [0.3, 0.4) is 0 Å². The standard InChI is InChI=1S/C21H23NO4S/c23-27(24,13-12-17-6-2-1-3-7-17)22(19-8-4-5-9-19)15-18-10-11-20-21(14-18)26-16-25-20/h1-3,6-7,10-14,19H,4-5,8-9,15-16H2. The van der Waals surface area contributed by atoms with E-state index in [1.54, 1.807) is 10.4 Å². The molecule has 0 saturated heterocycles. The van der Waals surface area contributed by atoms with Gasteiger partial charge in [0.05, 0.1) is 0 Å². The summed E-state index contributed by atoms with van der Waals surface area (Å²) in [7, 11) is -3.54. The van der Waals surface area contributed by atoms with Crippen molar-refractivity contribution in [3.63, 3.8) is 0 Å². The normalized spacial score (nSPS) is 17.2. The third kappa shape index (κ3) is 4.17. The van der Waals surface area contributed by atoms with E-state index in [0.717, 1.165) is 36.8 Å². The fraction of sp³-hybridized carbons (Fsp3) is 0.333. The number of nitrogens with zero attached hydrogens (tertiary/aromatic N) is 1. The fourth-order valence-electron chi connectivity index (χ4n) is 3.65. The quantitative estimate of drug-likeness (QED) is 0.749. The molecule has 1 saturated carbocycles. The van der Waals surface area contributed by atoms with Crippen LogP contribution in [-0.2, 0) is 16.6 Å². The molecule has 2 aromatic rings. The van der Waals surface area contributed by atoms with Crippen molar-refractivity contribution in [2.45, 2.75) is 38.3 Å². The van der Waals surface area contributed by atoms with E-state index in [2.05, 4.69) is 0 Å². The van der Waals surface area contributed by atoms with Crippen LogP contribution in [-0.4, -0.2) is 25.6 Å². The first-order valence-corrected chi connectivity index (χ1v) is 10.8. The van der Waals surface area contributed by atoms with Crippen molar-refractivity contribution in [2.75, 3.05) is 6.79 Å². The third-order valence-corrected chi connectivity index (χ3v) is 6.63. The summed E-state index contributed by atoms with van der Waals surface area (Å²) < 4.78 is 38.6. The largest absolute Gasteiger partial charge is 0.454 e. The van der Waals surface area contributed by atoms with Crippen molar-refractivity contribution < 1.29 is 17.9 Å². The second-order valence-corrected chi connectivity index (χ2v) is 8.70. The van der Waals surface area contributed by atoms with Gasteiger partial charge in [0.1, 0.15) is 0 Å². The Morgan fingerprint density at radius 3 is 2.52 bits per heavy atom. The SMILES string of the molecule is O=S(=O)(C=Cc1ccccc1)N(Cc1ccc2c(c1)OCO2)C1CCCC1. The molecule has 1 heterocycles. The van der Waals surface area contributed by atoms with Crippen molar-refractivity contribution in [3.05, 3.63) is 65.1 Å². The van der Waals surface area contributed by atoms with E-state index in [9.17, 15) is 8.42 Å². The second-order valence-electron chi connectivity index (χ2n) is 6.93. The minimum absolute atomic E-state index is 0.0425. The number of rotatable bonds is 6. The molecule has 142 valence electrons. The summed E-state index contributed by atoms with van der Waals surface area (Å²) >= 11 is 0. The highest BCUT2D eigenvalue weighted by Gasteiger charge is 2.31. The molecular weight excluding hydrogens is 362 g/mol. The first kappa shape index (κ1) is 18.1. The number of sulfonamides is 1. The Bertz CT molecular complexity index is 918. The smallest absolute Gasteiger partial charge is 0.236 e. The number of ether oxygens (including phenoxy) is 2. The van der Waals surface area contributed by atoms with Crippen molar-refractivity contribution >= 4 is 16.1 Å². The lowest BCUT2D eigenvalue weighted by molar-refractivity contribution is 0.174. The highest BCUT2D eigenvalue weighted by Crippen LogP contribution is 2.34. The van der Waals surface area contributed by atoms with Crippen molar-refractivity contribution in [1.82, 2.24) is 4.31 Å². The molecule has 2 aliphatic rings. The topological polar surface area (TPSA) is 55.8 Å². The molecule has 0 atom stereocenters. The Balaban J connectivity index is 1.59. The zero-order valence-electron chi connectivity index (χ0n) is 15.1. The van der Waals surface area contributed by atoms with E-state index < -0.39 is 10.0 Å². The van der Waals surface area contributed by atoms with Gasteiger partial charge in [-0.2, -0.15) is 4.31 Å². The van der Waals surface area contributed by atoms with E-state index >= 15 is 0 Å². The molecule has 0 bridgehead atoms. The molecule has 6 heteroatoms. The summed E-state index contributed by atoms with van der Waals surface area (Å²) in [6, 6.07) is 15.2. The minimum Gasteiger partial charge on any atom is -0.454 e. The zero-order chi connectivity index (χ0) is 18.7. The Morgan fingerprint density at radius 1 is 1.00 bits per heavy atom. The molecule has 0 radical (unpaired) electrons. The Kier molecular flexibility index (Phi) is 5.18. The molecule has 2 aromatic carbocycles. The number of benzene rings is 2. The summed E-state index contributed by atoms with van der Waals surface area (Å²) in [5, 5.41) is 1.33. The lowest BCUT2D eigenvalue weighted by Gasteiger charge is -2.27. The molecule has 0 unspecified atom stereocenters. The summed E-state index contributed by atoms with van der Waals surface area (Å²) in [5.41, 5.74) is 1.78. The fourth-order valence-corrected chi connectivity index (χ4v) is 5.09. The van der Waals surface area contributed by atoms with E-state index in [1.165, 1.54) is 5.41 Å². The molecule has 1 fully saturated rings. The van der Waals surface area contributed by atoms with Gasteiger partial charge >= 0.3 is 0 Å². The highest BCUT2D eigenvalue weighted by molar-refractivity contribution is 7.92. The Morgan fingerprint density at radius 2 is 1.74 bits per heavy atom.